The molecule has 2 atom stereocenters. The Bertz CT molecular complexity index is 909. The molecule has 0 fully saturated rings. The molecule has 0 aromatic heterocycles. The summed E-state index contributed by atoms with van der Waals surface area (Å²) in [7, 11) is 1.63. The zero-order valence-electron chi connectivity index (χ0n) is 18.9. The molecule has 5 nitrogen and oxygen atoms in total. The molecule has 2 rings (SSSR count). The van der Waals surface area contributed by atoms with Crippen LogP contribution in [0.3, 0.4) is 0 Å². The van der Waals surface area contributed by atoms with Gasteiger partial charge in [0.15, 0.2) is 0 Å². The number of amides is 2. The molecule has 0 bridgehead atoms. The number of nitrogens with zero attached hydrogens (tertiary/aromatic N) is 1. The number of halogens is 2. The average Bonchev–Trinajstić information content (AvgIpc) is 2.78. The van der Waals surface area contributed by atoms with Gasteiger partial charge >= 0.3 is 0 Å². The van der Waals surface area contributed by atoms with Crippen LogP contribution < -0.4 is 10.1 Å². The van der Waals surface area contributed by atoms with E-state index in [-0.39, 0.29) is 30.2 Å². The van der Waals surface area contributed by atoms with Crippen LogP contribution in [0.1, 0.15) is 38.3 Å². The third-order valence-electron chi connectivity index (χ3n) is 5.18. The Hall–Kier alpha value is -1.89. The second-order valence-corrected chi connectivity index (χ2v) is 9.42. The van der Waals surface area contributed by atoms with Gasteiger partial charge < -0.3 is 15.0 Å². The maximum Gasteiger partial charge on any atom is 0.242 e. The van der Waals surface area contributed by atoms with Crippen LogP contribution in [-0.2, 0) is 21.9 Å². The third-order valence-corrected chi connectivity index (χ3v) is 6.75. The summed E-state index contributed by atoms with van der Waals surface area (Å²) < 4.78 is 5.18. The summed E-state index contributed by atoms with van der Waals surface area (Å²) in [5, 5.41) is 3.95. The van der Waals surface area contributed by atoms with E-state index in [1.807, 2.05) is 38.1 Å². The normalized spacial score (nSPS) is 12.7. The fourth-order valence-corrected chi connectivity index (χ4v) is 4.28. The van der Waals surface area contributed by atoms with Crippen molar-refractivity contribution in [2.75, 3.05) is 12.9 Å². The lowest BCUT2D eigenvalue weighted by Gasteiger charge is -2.30. The fraction of sp³-hybridized carbons (Fsp3) is 0.417. The second-order valence-electron chi connectivity index (χ2n) is 7.59. The van der Waals surface area contributed by atoms with E-state index in [1.54, 1.807) is 37.1 Å². The summed E-state index contributed by atoms with van der Waals surface area (Å²) in [4.78, 5) is 27.5. The van der Waals surface area contributed by atoms with Gasteiger partial charge in [-0.25, -0.2) is 0 Å². The Morgan fingerprint density at radius 2 is 1.81 bits per heavy atom. The van der Waals surface area contributed by atoms with Crippen LogP contribution in [0, 0.1) is 0 Å². The second kappa shape index (κ2) is 13.0. The molecule has 0 unspecified atom stereocenters. The molecular formula is C24H30Cl2N2O3S. The highest BCUT2D eigenvalue weighted by Gasteiger charge is 2.27. The molecule has 2 aromatic carbocycles. The van der Waals surface area contributed by atoms with Crippen molar-refractivity contribution in [1.82, 2.24) is 10.2 Å². The number of ether oxygens (including phenoxy) is 1. The van der Waals surface area contributed by atoms with E-state index < -0.39 is 6.04 Å². The number of hydrogen-bond acceptors (Lipinski definition) is 4. The van der Waals surface area contributed by atoms with E-state index in [0.717, 1.165) is 23.3 Å². The van der Waals surface area contributed by atoms with Gasteiger partial charge in [-0.05, 0) is 55.7 Å². The molecular weight excluding hydrogens is 467 g/mol. The Balaban J connectivity index is 2.10. The molecule has 32 heavy (non-hydrogen) atoms. The van der Waals surface area contributed by atoms with Crippen LogP contribution in [0.15, 0.2) is 42.5 Å². The van der Waals surface area contributed by atoms with E-state index in [2.05, 4.69) is 5.32 Å². The predicted octanol–water partition coefficient (Wildman–Crippen LogP) is 5.57. The lowest BCUT2D eigenvalue weighted by atomic mass is 10.1. The summed E-state index contributed by atoms with van der Waals surface area (Å²) in [5.41, 5.74) is 1.84. The summed E-state index contributed by atoms with van der Waals surface area (Å²) >= 11 is 13.9. The largest absolute Gasteiger partial charge is 0.497 e. The number of carbonyl (C=O) groups excluding carboxylic acids is 2. The standard InChI is InChI=1S/C24H30Cl2N2O3S/c1-5-16(2)27-24(30)17(3)28(13-19-8-9-20(25)12-22(19)26)23(29)15-32-14-18-6-10-21(31-4)11-7-18/h6-12,16-17H,5,13-15H2,1-4H3,(H,27,30)/t16-,17-/m0/s1. The molecule has 2 amide bonds. The SMILES string of the molecule is CC[C@H](C)NC(=O)[C@H](C)N(Cc1ccc(Cl)cc1Cl)C(=O)CSCc1ccc(OC)cc1. The Morgan fingerprint density at radius 1 is 1.12 bits per heavy atom. The number of benzene rings is 2. The van der Waals surface area contributed by atoms with Gasteiger partial charge in [-0.2, -0.15) is 0 Å². The molecule has 0 spiro atoms. The first-order chi connectivity index (χ1) is 15.2. The summed E-state index contributed by atoms with van der Waals surface area (Å²) in [6.07, 6.45) is 0.813. The van der Waals surface area contributed by atoms with Gasteiger partial charge in [-0.15, -0.1) is 11.8 Å². The fourth-order valence-electron chi connectivity index (χ4n) is 2.94. The van der Waals surface area contributed by atoms with E-state index in [4.69, 9.17) is 27.9 Å². The van der Waals surface area contributed by atoms with Crippen LogP contribution in [0.2, 0.25) is 10.0 Å². The first-order valence-electron chi connectivity index (χ1n) is 10.5. The Labute approximate surface area is 204 Å². The van der Waals surface area contributed by atoms with Crippen molar-refractivity contribution < 1.29 is 14.3 Å². The summed E-state index contributed by atoms with van der Waals surface area (Å²) in [6, 6.07) is 12.3. The minimum absolute atomic E-state index is 0.0328. The molecule has 0 radical (unpaired) electrons. The third kappa shape index (κ3) is 7.91. The quantitative estimate of drug-likeness (QED) is 0.441. The molecule has 8 heteroatoms. The molecule has 0 aliphatic carbocycles. The average molecular weight is 497 g/mol. The van der Waals surface area contributed by atoms with Crippen molar-refractivity contribution in [2.24, 2.45) is 0 Å². The van der Waals surface area contributed by atoms with Crippen molar-refractivity contribution in [3.05, 3.63) is 63.6 Å². The molecule has 0 saturated heterocycles. The molecule has 0 heterocycles. The number of carbonyl (C=O) groups is 2. The van der Waals surface area contributed by atoms with Crippen LogP contribution in [0.5, 0.6) is 5.75 Å². The molecule has 2 aromatic rings. The lowest BCUT2D eigenvalue weighted by Crippen LogP contribution is -2.50. The first-order valence-corrected chi connectivity index (χ1v) is 12.4. The molecule has 0 aliphatic heterocycles. The minimum Gasteiger partial charge on any atom is -0.497 e. The highest BCUT2D eigenvalue weighted by Crippen LogP contribution is 2.24. The first kappa shape index (κ1) is 26.4. The predicted molar refractivity (Wildman–Crippen MR) is 134 cm³/mol. The molecule has 0 saturated carbocycles. The van der Waals surface area contributed by atoms with Gasteiger partial charge in [0.25, 0.3) is 0 Å². The Morgan fingerprint density at radius 3 is 2.41 bits per heavy atom. The topological polar surface area (TPSA) is 58.6 Å². The highest BCUT2D eigenvalue weighted by atomic mass is 35.5. The van der Waals surface area contributed by atoms with Crippen molar-refractivity contribution in [1.29, 1.82) is 0 Å². The maximum absolute atomic E-state index is 13.2. The van der Waals surface area contributed by atoms with Gasteiger partial charge in [0, 0.05) is 28.4 Å². The number of methoxy groups -OCH3 is 1. The van der Waals surface area contributed by atoms with Crippen molar-refractivity contribution >= 4 is 46.8 Å². The smallest absolute Gasteiger partial charge is 0.242 e. The molecule has 174 valence electrons. The van der Waals surface area contributed by atoms with Crippen LogP contribution >= 0.6 is 35.0 Å². The number of thioether (sulfide) groups is 1. The van der Waals surface area contributed by atoms with Gasteiger partial charge in [0.2, 0.25) is 11.8 Å². The van der Waals surface area contributed by atoms with E-state index in [9.17, 15) is 9.59 Å². The van der Waals surface area contributed by atoms with E-state index in [1.165, 1.54) is 11.8 Å². The molecule has 0 aliphatic rings. The molecule has 1 N–H and O–H groups in total. The van der Waals surface area contributed by atoms with E-state index in [0.29, 0.717) is 15.8 Å². The van der Waals surface area contributed by atoms with E-state index >= 15 is 0 Å². The zero-order chi connectivity index (χ0) is 23.7. The van der Waals surface area contributed by atoms with Gasteiger partial charge in [0.05, 0.1) is 12.9 Å². The zero-order valence-corrected chi connectivity index (χ0v) is 21.2. The van der Waals surface area contributed by atoms with Crippen LogP contribution in [0.25, 0.3) is 0 Å². The highest BCUT2D eigenvalue weighted by molar-refractivity contribution is 7.99. The van der Waals surface area contributed by atoms with Crippen LogP contribution in [-0.4, -0.2) is 41.7 Å². The minimum atomic E-state index is -0.634. The van der Waals surface area contributed by atoms with Crippen molar-refractivity contribution in [3.8, 4) is 5.75 Å². The van der Waals surface area contributed by atoms with Crippen molar-refractivity contribution in [3.63, 3.8) is 0 Å². The van der Waals surface area contributed by atoms with Crippen LogP contribution in [0.4, 0.5) is 0 Å². The maximum atomic E-state index is 13.2. The summed E-state index contributed by atoms with van der Waals surface area (Å²) in [5.74, 6) is 1.41. The number of hydrogen-bond donors (Lipinski definition) is 1. The van der Waals surface area contributed by atoms with Gasteiger partial charge in [-0.3, -0.25) is 9.59 Å². The van der Waals surface area contributed by atoms with Gasteiger partial charge in [0.1, 0.15) is 11.8 Å². The van der Waals surface area contributed by atoms with Crippen molar-refractivity contribution in [2.45, 2.75) is 51.6 Å². The number of nitrogens with one attached hydrogen (secondary N) is 1. The summed E-state index contributed by atoms with van der Waals surface area (Å²) in [6.45, 7) is 5.92. The lowest BCUT2D eigenvalue weighted by molar-refractivity contribution is -0.138. The Kier molecular flexibility index (Phi) is 10.7. The monoisotopic (exact) mass is 496 g/mol. The van der Waals surface area contributed by atoms with Gasteiger partial charge in [-0.1, -0.05) is 48.3 Å². The number of rotatable bonds is 11.